The molecule has 1 aromatic carbocycles. The van der Waals surface area contributed by atoms with Gasteiger partial charge in [-0.25, -0.2) is 0 Å². The number of nitrogens with one attached hydrogen (secondary N) is 2. The second-order valence-electron chi connectivity index (χ2n) is 6.18. The van der Waals surface area contributed by atoms with Gasteiger partial charge in [0.2, 0.25) is 0 Å². The van der Waals surface area contributed by atoms with Crippen LogP contribution in [0.1, 0.15) is 46.7 Å². The lowest BCUT2D eigenvalue weighted by atomic mass is 10.1. The highest BCUT2D eigenvalue weighted by Crippen LogP contribution is 2.10. The Hall–Kier alpha value is -2.40. The Labute approximate surface area is 152 Å². The third-order valence-electron chi connectivity index (χ3n) is 3.63. The molecule has 0 spiro atoms. The summed E-state index contributed by atoms with van der Waals surface area (Å²) in [6.07, 6.45) is 2.36. The van der Waals surface area contributed by atoms with Gasteiger partial charge in [-0.1, -0.05) is 37.6 Å². The molecule has 2 aromatic rings. The molecule has 2 amide bonds. The Bertz CT molecular complexity index is 730. The summed E-state index contributed by atoms with van der Waals surface area (Å²) in [4.78, 5) is 28.4. The summed E-state index contributed by atoms with van der Waals surface area (Å²) in [7, 11) is 0. The maximum absolute atomic E-state index is 12.3. The molecule has 2 rings (SSSR count). The molecule has 0 saturated heterocycles. The first-order valence-electron chi connectivity index (χ1n) is 8.22. The Morgan fingerprint density at radius 3 is 2.48 bits per heavy atom. The number of aromatic nitrogens is 1. The van der Waals surface area contributed by atoms with Gasteiger partial charge in [-0.3, -0.25) is 14.6 Å². The molecule has 1 aromatic heterocycles. The van der Waals surface area contributed by atoms with E-state index < -0.39 is 0 Å². The molecule has 1 heterocycles. The lowest BCUT2D eigenvalue weighted by molar-refractivity contribution is 0.0947. The zero-order valence-electron chi connectivity index (χ0n) is 14.4. The fourth-order valence-corrected chi connectivity index (χ4v) is 2.27. The van der Waals surface area contributed by atoms with Crippen LogP contribution < -0.4 is 10.6 Å². The van der Waals surface area contributed by atoms with Crippen LogP contribution in [0.2, 0.25) is 5.02 Å². The predicted octanol–water partition coefficient (Wildman–Crippen LogP) is 3.44. The predicted molar refractivity (Wildman–Crippen MR) is 98.6 cm³/mol. The molecule has 0 saturated carbocycles. The molecule has 0 fully saturated rings. The van der Waals surface area contributed by atoms with Crippen molar-refractivity contribution >= 4 is 23.4 Å². The average Bonchev–Trinajstić information content (AvgIpc) is 2.60. The van der Waals surface area contributed by atoms with Crippen molar-refractivity contribution in [3.05, 3.63) is 64.4 Å². The first-order chi connectivity index (χ1) is 12.0. The second-order valence-corrected chi connectivity index (χ2v) is 6.61. The Kier molecular flexibility index (Phi) is 6.95. The van der Waals surface area contributed by atoms with Crippen molar-refractivity contribution in [1.29, 1.82) is 0 Å². The number of benzene rings is 1. The van der Waals surface area contributed by atoms with Gasteiger partial charge in [0.1, 0.15) is 5.69 Å². The van der Waals surface area contributed by atoms with Crippen LogP contribution in [0.25, 0.3) is 0 Å². The number of nitrogens with zero attached hydrogens (tertiary/aromatic N) is 1. The van der Waals surface area contributed by atoms with Gasteiger partial charge < -0.3 is 10.6 Å². The van der Waals surface area contributed by atoms with Gasteiger partial charge in [-0.15, -0.1) is 0 Å². The minimum atomic E-state index is -0.270. The van der Waals surface area contributed by atoms with E-state index in [9.17, 15) is 9.59 Å². The molecule has 132 valence electrons. The SMILES string of the molecule is CC(C)CCNC(=O)c1cc(C(=O)NCc2ccc(Cl)cc2)ccn1. The normalized spacial score (nSPS) is 10.6. The quantitative estimate of drug-likeness (QED) is 0.795. The van der Waals surface area contributed by atoms with Gasteiger partial charge in [0.25, 0.3) is 11.8 Å². The van der Waals surface area contributed by atoms with E-state index in [-0.39, 0.29) is 17.5 Å². The van der Waals surface area contributed by atoms with E-state index >= 15 is 0 Å². The molecule has 0 bridgehead atoms. The maximum Gasteiger partial charge on any atom is 0.269 e. The number of pyridine rings is 1. The zero-order chi connectivity index (χ0) is 18.2. The number of carbonyl (C=O) groups is 2. The number of hydrogen-bond donors (Lipinski definition) is 2. The molecular formula is C19H22ClN3O2. The zero-order valence-corrected chi connectivity index (χ0v) is 15.1. The molecular weight excluding hydrogens is 338 g/mol. The molecule has 2 N–H and O–H groups in total. The molecule has 0 radical (unpaired) electrons. The summed E-state index contributed by atoms with van der Waals surface area (Å²) < 4.78 is 0. The van der Waals surface area contributed by atoms with Crippen LogP contribution >= 0.6 is 11.6 Å². The summed E-state index contributed by atoms with van der Waals surface area (Å²) in [5.41, 5.74) is 1.58. The first-order valence-corrected chi connectivity index (χ1v) is 8.60. The van der Waals surface area contributed by atoms with E-state index in [0.717, 1.165) is 12.0 Å². The van der Waals surface area contributed by atoms with Crippen LogP contribution in [0, 0.1) is 5.92 Å². The van der Waals surface area contributed by atoms with E-state index in [0.29, 0.717) is 29.6 Å². The lowest BCUT2D eigenvalue weighted by Crippen LogP contribution is -2.27. The smallest absolute Gasteiger partial charge is 0.269 e. The molecule has 0 aliphatic carbocycles. The topological polar surface area (TPSA) is 71.1 Å². The fraction of sp³-hybridized carbons (Fsp3) is 0.316. The van der Waals surface area contributed by atoms with E-state index in [1.54, 1.807) is 18.2 Å². The molecule has 0 aliphatic heterocycles. The summed E-state index contributed by atoms with van der Waals surface area (Å²) in [6.45, 7) is 5.16. The highest BCUT2D eigenvalue weighted by atomic mass is 35.5. The number of rotatable bonds is 7. The molecule has 0 atom stereocenters. The highest BCUT2D eigenvalue weighted by Gasteiger charge is 2.11. The van der Waals surface area contributed by atoms with Crippen molar-refractivity contribution in [2.75, 3.05) is 6.54 Å². The maximum atomic E-state index is 12.3. The van der Waals surface area contributed by atoms with Crippen LogP contribution in [-0.4, -0.2) is 23.3 Å². The van der Waals surface area contributed by atoms with Crippen LogP contribution in [-0.2, 0) is 6.54 Å². The van der Waals surface area contributed by atoms with Crippen LogP contribution in [0.3, 0.4) is 0 Å². The fourth-order valence-electron chi connectivity index (χ4n) is 2.15. The number of hydrogen-bond acceptors (Lipinski definition) is 3. The highest BCUT2D eigenvalue weighted by molar-refractivity contribution is 6.30. The number of halogens is 1. The van der Waals surface area contributed by atoms with Gasteiger partial charge in [-0.05, 0) is 42.2 Å². The summed E-state index contributed by atoms with van der Waals surface area (Å²) in [5.74, 6) is -0.0141. The first kappa shape index (κ1) is 18.9. The van der Waals surface area contributed by atoms with E-state index in [2.05, 4.69) is 29.5 Å². The number of carbonyl (C=O) groups excluding carboxylic acids is 2. The van der Waals surface area contributed by atoms with Crippen LogP contribution in [0.5, 0.6) is 0 Å². The molecule has 0 unspecified atom stereocenters. The Balaban J connectivity index is 1.93. The Morgan fingerprint density at radius 1 is 1.08 bits per heavy atom. The minimum Gasteiger partial charge on any atom is -0.351 e. The minimum absolute atomic E-state index is 0.239. The summed E-state index contributed by atoms with van der Waals surface area (Å²) in [6, 6.07) is 10.3. The van der Waals surface area contributed by atoms with Crippen molar-refractivity contribution in [2.45, 2.75) is 26.8 Å². The van der Waals surface area contributed by atoms with Crippen LogP contribution in [0.15, 0.2) is 42.6 Å². The van der Waals surface area contributed by atoms with E-state index in [1.807, 2.05) is 12.1 Å². The second kappa shape index (κ2) is 9.18. The van der Waals surface area contributed by atoms with Crippen molar-refractivity contribution in [1.82, 2.24) is 15.6 Å². The van der Waals surface area contributed by atoms with E-state index in [4.69, 9.17) is 11.6 Å². The van der Waals surface area contributed by atoms with Gasteiger partial charge in [0, 0.05) is 29.9 Å². The van der Waals surface area contributed by atoms with Gasteiger partial charge in [-0.2, -0.15) is 0 Å². The lowest BCUT2D eigenvalue weighted by Gasteiger charge is -2.08. The molecule has 25 heavy (non-hydrogen) atoms. The molecule has 5 nitrogen and oxygen atoms in total. The van der Waals surface area contributed by atoms with E-state index in [1.165, 1.54) is 12.3 Å². The van der Waals surface area contributed by atoms with Crippen LogP contribution in [0.4, 0.5) is 0 Å². The third kappa shape index (κ3) is 6.19. The molecule has 6 heteroatoms. The number of amides is 2. The molecule has 0 aliphatic rings. The summed E-state index contributed by atoms with van der Waals surface area (Å²) >= 11 is 5.84. The van der Waals surface area contributed by atoms with Gasteiger partial charge in [0.05, 0.1) is 0 Å². The van der Waals surface area contributed by atoms with Crippen molar-refractivity contribution < 1.29 is 9.59 Å². The van der Waals surface area contributed by atoms with Crippen molar-refractivity contribution in [3.63, 3.8) is 0 Å². The van der Waals surface area contributed by atoms with Gasteiger partial charge >= 0.3 is 0 Å². The monoisotopic (exact) mass is 359 g/mol. The summed E-state index contributed by atoms with van der Waals surface area (Å²) in [5, 5.41) is 6.28. The van der Waals surface area contributed by atoms with Gasteiger partial charge in [0.15, 0.2) is 0 Å². The standard InChI is InChI=1S/C19H22ClN3O2/c1-13(2)7-9-22-19(25)17-11-15(8-10-21-17)18(24)23-12-14-3-5-16(20)6-4-14/h3-6,8,10-11,13H,7,9,12H2,1-2H3,(H,22,25)(H,23,24). The Morgan fingerprint density at radius 2 is 1.80 bits per heavy atom. The van der Waals surface area contributed by atoms with Crippen molar-refractivity contribution in [2.24, 2.45) is 5.92 Å². The largest absolute Gasteiger partial charge is 0.351 e. The van der Waals surface area contributed by atoms with Crippen molar-refractivity contribution in [3.8, 4) is 0 Å². The average molecular weight is 360 g/mol. The third-order valence-corrected chi connectivity index (χ3v) is 3.88.